The molecule has 24 heavy (non-hydrogen) atoms. The quantitative estimate of drug-likeness (QED) is 0.810. The summed E-state index contributed by atoms with van der Waals surface area (Å²) < 4.78 is 27.9. The second kappa shape index (κ2) is 5.83. The Labute approximate surface area is 141 Å². The van der Waals surface area contributed by atoms with Crippen molar-refractivity contribution in [3.63, 3.8) is 0 Å². The largest absolute Gasteiger partial charge is 0.525 e. The lowest BCUT2D eigenvalue weighted by atomic mass is 9.86. The van der Waals surface area contributed by atoms with Gasteiger partial charge in [0.15, 0.2) is 0 Å². The summed E-state index contributed by atoms with van der Waals surface area (Å²) in [6, 6.07) is 3.68. The Morgan fingerprint density at radius 3 is 2.33 bits per heavy atom. The van der Waals surface area contributed by atoms with Crippen LogP contribution in [0.4, 0.5) is 4.39 Å². The lowest BCUT2D eigenvalue weighted by Gasteiger charge is -2.32. The first kappa shape index (κ1) is 16.9. The van der Waals surface area contributed by atoms with E-state index in [0.29, 0.717) is 11.3 Å². The lowest BCUT2D eigenvalue weighted by molar-refractivity contribution is 0.00578. The molecule has 126 valence electrons. The van der Waals surface area contributed by atoms with E-state index in [0.717, 1.165) is 5.56 Å². The van der Waals surface area contributed by atoms with Crippen molar-refractivity contribution in [3.8, 4) is 11.3 Å². The third kappa shape index (κ3) is 3.01. The number of halogens is 1. The fourth-order valence-corrected chi connectivity index (χ4v) is 2.52. The average molecular weight is 329 g/mol. The molecule has 1 fully saturated rings. The standard InChI is InChI=1S/C17H21BFN3O2/c1-16(2)17(3,4)24-18(23-16)14(19)10-13-11-22(5)21-15(13)12-6-8-20-9-7-12/h6-11H,1-5H3. The van der Waals surface area contributed by atoms with Crippen LogP contribution in [0.3, 0.4) is 0 Å². The highest BCUT2D eigenvalue weighted by molar-refractivity contribution is 6.54. The summed E-state index contributed by atoms with van der Waals surface area (Å²) in [5, 5.41) is 4.41. The van der Waals surface area contributed by atoms with E-state index in [1.54, 1.807) is 30.3 Å². The first-order valence-corrected chi connectivity index (χ1v) is 7.86. The van der Waals surface area contributed by atoms with Gasteiger partial charge in [-0.2, -0.15) is 5.10 Å². The van der Waals surface area contributed by atoms with Gasteiger partial charge >= 0.3 is 7.12 Å². The van der Waals surface area contributed by atoms with Crippen molar-refractivity contribution in [1.29, 1.82) is 0 Å². The number of hydrogen-bond acceptors (Lipinski definition) is 4. The van der Waals surface area contributed by atoms with Gasteiger partial charge in [-0.25, -0.2) is 4.39 Å². The van der Waals surface area contributed by atoms with E-state index >= 15 is 0 Å². The molecule has 0 aliphatic carbocycles. The molecule has 1 aliphatic heterocycles. The summed E-state index contributed by atoms with van der Waals surface area (Å²) in [5.41, 5.74) is 0.593. The second-order valence-electron chi connectivity index (χ2n) is 6.96. The fraction of sp³-hybridized carbons (Fsp3) is 0.412. The van der Waals surface area contributed by atoms with E-state index in [1.807, 2.05) is 39.8 Å². The molecular weight excluding hydrogens is 308 g/mol. The molecule has 0 unspecified atom stereocenters. The first-order chi connectivity index (χ1) is 11.2. The lowest BCUT2D eigenvalue weighted by Crippen LogP contribution is -2.41. The van der Waals surface area contributed by atoms with Gasteiger partial charge in [-0.3, -0.25) is 9.67 Å². The van der Waals surface area contributed by atoms with Crippen LogP contribution in [-0.4, -0.2) is 33.1 Å². The van der Waals surface area contributed by atoms with Gasteiger partial charge in [-0.1, -0.05) is 0 Å². The van der Waals surface area contributed by atoms with Gasteiger partial charge < -0.3 is 9.31 Å². The molecule has 0 bridgehead atoms. The van der Waals surface area contributed by atoms with Crippen LogP contribution in [0.1, 0.15) is 33.3 Å². The number of aromatic nitrogens is 3. The van der Waals surface area contributed by atoms with Crippen LogP contribution >= 0.6 is 0 Å². The van der Waals surface area contributed by atoms with Gasteiger partial charge in [-0.05, 0) is 45.9 Å². The summed E-state index contributed by atoms with van der Waals surface area (Å²) in [4.78, 5) is 4.00. The fourth-order valence-electron chi connectivity index (χ4n) is 2.52. The number of hydrogen-bond donors (Lipinski definition) is 0. The zero-order valence-corrected chi connectivity index (χ0v) is 14.6. The Hall–Kier alpha value is -1.99. The van der Waals surface area contributed by atoms with Crippen molar-refractivity contribution in [1.82, 2.24) is 14.8 Å². The molecule has 2 aromatic heterocycles. The molecule has 7 heteroatoms. The van der Waals surface area contributed by atoms with Crippen LogP contribution < -0.4 is 0 Å². The summed E-state index contributed by atoms with van der Waals surface area (Å²) in [6.45, 7) is 7.58. The number of rotatable bonds is 3. The highest BCUT2D eigenvalue weighted by Gasteiger charge is 2.53. The molecule has 1 aliphatic rings. The summed E-state index contributed by atoms with van der Waals surface area (Å²) in [6.07, 6.45) is 6.55. The second-order valence-corrected chi connectivity index (χ2v) is 6.96. The van der Waals surface area contributed by atoms with Crippen molar-refractivity contribution in [3.05, 3.63) is 42.0 Å². The minimum atomic E-state index is -1.01. The van der Waals surface area contributed by atoms with Crippen LogP contribution in [0.2, 0.25) is 0 Å². The third-order valence-corrected chi connectivity index (χ3v) is 4.58. The summed E-state index contributed by atoms with van der Waals surface area (Å²) in [7, 11) is 0.787. The molecule has 0 N–H and O–H groups in total. The Morgan fingerprint density at radius 1 is 1.17 bits per heavy atom. The third-order valence-electron chi connectivity index (χ3n) is 4.58. The Kier molecular flexibility index (Phi) is 4.09. The van der Waals surface area contributed by atoms with Gasteiger partial charge in [0.1, 0.15) is 5.73 Å². The van der Waals surface area contributed by atoms with E-state index in [2.05, 4.69) is 10.1 Å². The first-order valence-electron chi connectivity index (χ1n) is 7.86. The normalized spacial score (nSPS) is 19.8. The minimum Gasteiger partial charge on any atom is -0.398 e. The molecule has 0 saturated carbocycles. The van der Waals surface area contributed by atoms with E-state index < -0.39 is 24.0 Å². The van der Waals surface area contributed by atoms with E-state index in [9.17, 15) is 4.39 Å². The van der Waals surface area contributed by atoms with E-state index in [-0.39, 0.29) is 0 Å². The molecule has 0 aromatic carbocycles. The van der Waals surface area contributed by atoms with Gasteiger partial charge in [-0.15, -0.1) is 0 Å². The van der Waals surface area contributed by atoms with Crippen molar-refractivity contribution < 1.29 is 13.7 Å². The van der Waals surface area contributed by atoms with Crippen LogP contribution in [-0.2, 0) is 16.4 Å². The predicted octanol–water partition coefficient (Wildman–Crippen LogP) is 3.42. The SMILES string of the molecule is Cn1cc(C=C(F)B2OC(C)(C)C(C)(C)O2)c(-c2ccncc2)n1. The zero-order chi connectivity index (χ0) is 17.5. The van der Waals surface area contributed by atoms with Crippen molar-refractivity contribution >= 4 is 13.2 Å². The van der Waals surface area contributed by atoms with Crippen molar-refractivity contribution in [2.75, 3.05) is 0 Å². The monoisotopic (exact) mass is 329 g/mol. The smallest absolute Gasteiger partial charge is 0.398 e. The predicted molar refractivity (Wildman–Crippen MR) is 91.6 cm³/mol. The van der Waals surface area contributed by atoms with Gasteiger partial charge in [0.25, 0.3) is 0 Å². The van der Waals surface area contributed by atoms with Gasteiger partial charge in [0, 0.05) is 36.8 Å². The van der Waals surface area contributed by atoms with Crippen molar-refractivity contribution in [2.45, 2.75) is 38.9 Å². The molecule has 0 spiro atoms. The molecule has 3 rings (SSSR count). The Morgan fingerprint density at radius 2 is 1.75 bits per heavy atom. The van der Waals surface area contributed by atoms with Crippen LogP contribution in [0, 0.1) is 0 Å². The zero-order valence-electron chi connectivity index (χ0n) is 14.6. The van der Waals surface area contributed by atoms with Crippen LogP contribution in [0.25, 0.3) is 17.3 Å². The Bertz CT molecular complexity index is 755. The van der Waals surface area contributed by atoms with Gasteiger partial charge in [0.05, 0.1) is 16.9 Å². The highest BCUT2D eigenvalue weighted by atomic mass is 19.1. The molecule has 2 aromatic rings. The highest BCUT2D eigenvalue weighted by Crippen LogP contribution is 2.39. The van der Waals surface area contributed by atoms with Crippen LogP contribution in [0.15, 0.2) is 36.4 Å². The number of aryl methyl sites for hydroxylation is 1. The maximum absolute atomic E-state index is 14.7. The average Bonchev–Trinajstić information content (AvgIpc) is 2.97. The van der Waals surface area contributed by atoms with Crippen LogP contribution in [0.5, 0.6) is 0 Å². The van der Waals surface area contributed by atoms with E-state index in [1.165, 1.54) is 6.08 Å². The maximum Gasteiger partial charge on any atom is 0.525 e. The number of pyridine rings is 1. The maximum atomic E-state index is 14.7. The molecule has 1 saturated heterocycles. The van der Waals surface area contributed by atoms with Gasteiger partial charge in [0.2, 0.25) is 0 Å². The minimum absolute atomic E-state index is 0.475. The molecular formula is C17H21BFN3O2. The van der Waals surface area contributed by atoms with E-state index in [4.69, 9.17) is 9.31 Å². The molecule has 0 atom stereocenters. The molecule has 0 amide bonds. The Balaban J connectivity index is 1.93. The van der Waals surface area contributed by atoms with Crippen molar-refractivity contribution in [2.24, 2.45) is 7.05 Å². The number of nitrogens with zero attached hydrogens (tertiary/aromatic N) is 3. The topological polar surface area (TPSA) is 49.2 Å². The molecule has 5 nitrogen and oxygen atoms in total. The summed E-state index contributed by atoms with van der Waals surface area (Å²) >= 11 is 0. The molecule has 0 radical (unpaired) electrons. The summed E-state index contributed by atoms with van der Waals surface area (Å²) in [5.74, 6) is 0. The molecule has 3 heterocycles.